The molecule has 0 heterocycles. The van der Waals surface area contributed by atoms with E-state index in [-0.39, 0.29) is 6.54 Å². The molecule has 0 radical (unpaired) electrons. The minimum absolute atomic E-state index is 0.167. The van der Waals surface area contributed by atoms with Crippen LogP contribution in [0.4, 0.5) is 0 Å². The molecule has 0 unspecified atom stereocenters. The van der Waals surface area contributed by atoms with Crippen LogP contribution in [0, 0.1) is 18.8 Å². The van der Waals surface area contributed by atoms with Gasteiger partial charge in [0.05, 0.1) is 11.6 Å². The Bertz CT molecular complexity index is 436. The van der Waals surface area contributed by atoms with Gasteiger partial charge in [-0.15, -0.1) is 0 Å². The summed E-state index contributed by atoms with van der Waals surface area (Å²) in [6.45, 7) is 2.13. The van der Waals surface area contributed by atoms with Gasteiger partial charge in [-0.05, 0) is 30.2 Å². The molecule has 3 nitrogen and oxygen atoms in total. The van der Waals surface area contributed by atoms with Gasteiger partial charge in [0.2, 0.25) is 0 Å². The predicted octanol–water partition coefficient (Wildman–Crippen LogP) is 3.31. The van der Waals surface area contributed by atoms with Crippen molar-refractivity contribution in [2.75, 3.05) is 6.54 Å². The Morgan fingerprint density at radius 1 is 1.57 bits per heavy atom. The maximum atomic E-state index is 8.03. The molecular weight excluding hydrogens is 198 g/mol. The number of aryl methyl sites for hydroxylation is 1. The van der Waals surface area contributed by atoms with Gasteiger partial charge in [-0.1, -0.05) is 34.6 Å². The van der Waals surface area contributed by atoms with Crippen molar-refractivity contribution in [3.8, 4) is 11.8 Å². The third-order valence-electron chi connectivity index (χ3n) is 1.56. The second-order valence-electron chi connectivity index (χ2n) is 2.67. The molecule has 70 valence electrons. The molecule has 0 spiro atoms. The molecule has 0 saturated heterocycles. The van der Waals surface area contributed by atoms with Crippen LogP contribution in [0.25, 0.3) is 10.4 Å². The highest BCUT2D eigenvalue weighted by Gasteiger charge is 1.95. The van der Waals surface area contributed by atoms with Crippen molar-refractivity contribution < 1.29 is 0 Å². The van der Waals surface area contributed by atoms with Crippen LogP contribution in [-0.2, 0) is 0 Å². The van der Waals surface area contributed by atoms with Crippen LogP contribution in [0.15, 0.2) is 23.3 Å². The first kappa shape index (κ1) is 10.5. The zero-order valence-corrected chi connectivity index (χ0v) is 8.41. The third-order valence-corrected chi connectivity index (χ3v) is 1.89. The van der Waals surface area contributed by atoms with Gasteiger partial charge in [-0.25, -0.2) is 0 Å². The summed E-state index contributed by atoms with van der Waals surface area (Å²) in [6.07, 6.45) is 0. The monoisotopic (exact) mass is 205 g/mol. The van der Waals surface area contributed by atoms with Crippen molar-refractivity contribution in [2.45, 2.75) is 6.92 Å². The molecule has 0 bridgehead atoms. The molecule has 0 aliphatic heterocycles. The number of rotatable bonds is 1. The van der Waals surface area contributed by atoms with Gasteiger partial charge >= 0.3 is 0 Å². The molecule has 1 rings (SSSR count). The minimum atomic E-state index is 0.167. The van der Waals surface area contributed by atoms with Crippen molar-refractivity contribution in [3.63, 3.8) is 0 Å². The van der Waals surface area contributed by atoms with Crippen LogP contribution >= 0.6 is 11.6 Å². The van der Waals surface area contributed by atoms with Crippen LogP contribution in [0.5, 0.6) is 0 Å². The van der Waals surface area contributed by atoms with Crippen LogP contribution in [0.1, 0.15) is 11.1 Å². The maximum Gasteiger partial charge on any atom is 0.0880 e. The molecule has 0 aliphatic rings. The smallest absolute Gasteiger partial charge is 0.0880 e. The summed E-state index contributed by atoms with van der Waals surface area (Å²) in [5.74, 6) is 5.56. The lowest BCUT2D eigenvalue weighted by molar-refractivity contribution is 1.25. The fourth-order valence-corrected chi connectivity index (χ4v) is 1.10. The Kier molecular flexibility index (Phi) is 3.87. The van der Waals surface area contributed by atoms with E-state index in [1.165, 1.54) is 0 Å². The highest BCUT2D eigenvalue weighted by molar-refractivity contribution is 6.31. The van der Waals surface area contributed by atoms with E-state index in [4.69, 9.17) is 17.1 Å². The van der Waals surface area contributed by atoms with Crippen LogP contribution in [0.2, 0.25) is 5.02 Å². The lowest BCUT2D eigenvalue weighted by Gasteiger charge is -1.96. The fraction of sp³-hybridized carbons (Fsp3) is 0.200. The largest absolute Gasteiger partial charge is 0.0918 e. The highest BCUT2D eigenvalue weighted by Crippen LogP contribution is 2.15. The summed E-state index contributed by atoms with van der Waals surface area (Å²) in [5.41, 5.74) is 9.89. The Balaban J connectivity index is 2.88. The van der Waals surface area contributed by atoms with E-state index >= 15 is 0 Å². The zero-order valence-electron chi connectivity index (χ0n) is 7.66. The number of halogens is 1. The second kappa shape index (κ2) is 5.18. The highest BCUT2D eigenvalue weighted by atomic mass is 35.5. The standard InChI is InChI=1S/C10H8ClN3/c1-8-4-5-10(11)9(7-8)3-2-6-13-14-12/h4-5,7H,6H2,1H3. The fourth-order valence-electron chi connectivity index (χ4n) is 0.937. The molecule has 0 atom stereocenters. The summed E-state index contributed by atoms with van der Waals surface area (Å²) in [6, 6.07) is 5.61. The molecular formula is C10H8ClN3. The Morgan fingerprint density at radius 2 is 2.36 bits per heavy atom. The van der Waals surface area contributed by atoms with Gasteiger partial charge in [0.1, 0.15) is 0 Å². The Hall–Kier alpha value is -1.62. The summed E-state index contributed by atoms with van der Waals surface area (Å²) in [4.78, 5) is 2.60. The van der Waals surface area contributed by atoms with E-state index in [1.807, 2.05) is 19.1 Å². The first-order chi connectivity index (χ1) is 6.74. The van der Waals surface area contributed by atoms with Crippen molar-refractivity contribution >= 4 is 11.6 Å². The molecule has 0 aliphatic carbocycles. The number of benzene rings is 1. The average Bonchev–Trinajstić information content (AvgIpc) is 2.18. The van der Waals surface area contributed by atoms with Crippen molar-refractivity contribution in [1.29, 1.82) is 0 Å². The molecule has 14 heavy (non-hydrogen) atoms. The van der Waals surface area contributed by atoms with E-state index in [9.17, 15) is 0 Å². The Labute approximate surface area is 87.3 Å². The van der Waals surface area contributed by atoms with E-state index in [2.05, 4.69) is 21.9 Å². The summed E-state index contributed by atoms with van der Waals surface area (Å²) >= 11 is 5.90. The van der Waals surface area contributed by atoms with Gasteiger partial charge in [0.15, 0.2) is 0 Å². The van der Waals surface area contributed by atoms with Crippen molar-refractivity contribution in [3.05, 3.63) is 44.8 Å². The summed E-state index contributed by atoms with van der Waals surface area (Å²) in [7, 11) is 0. The van der Waals surface area contributed by atoms with E-state index in [0.29, 0.717) is 5.02 Å². The average molecular weight is 206 g/mol. The normalized spacial score (nSPS) is 8.43. The minimum Gasteiger partial charge on any atom is -0.0918 e. The number of nitrogens with zero attached hydrogens (tertiary/aromatic N) is 3. The van der Waals surface area contributed by atoms with Gasteiger partial charge in [-0.2, -0.15) is 0 Å². The first-order valence-corrected chi connectivity index (χ1v) is 4.37. The topological polar surface area (TPSA) is 48.8 Å². The van der Waals surface area contributed by atoms with Gasteiger partial charge in [0, 0.05) is 10.5 Å². The third kappa shape index (κ3) is 3.02. The van der Waals surface area contributed by atoms with Gasteiger partial charge in [0.25, 0.3) is 0 Å². The van der Waals surface area contributed by atoms with Crippen LogP contribution in [-0.4, -0.2) is 6.54 Å². The SMILES string of the molecule is Cc1ccc(Cl)c(C#CCN=[N+]=[N-])c1. The van der Waals surface area contributed by atoms with Crippen LogP contribution in [0.3, 0.4) is 0 Å². The van der Waals surface area contributed by atoms with Crippen molar-refractivity contribution in [1.82, 2.24) is 0 Å². The quantitative estimate of drug-likeness (QED) is 0.292. The molecule has 0 saturated carbocycles. The van der Waals surface area contributed by atoms with Gasteiger partial charge < -0.3 is 0 Å². The van der Waals surface area contributed by atoms with E-state index < -0.39 is 0 Å². The Morgan fingerprint density at radius 3 is 3.07 bits per heavy atom. The lowest BCUT2D eigenvalue weighted by Crippen LogP contribution is -1.80. The van der Waals surface area contributed by atoms with Crippen LogP contribution < -0.4 is 0 Å². The number of hydrogen-bond donors (Lipinski definition) is 0. The van der Waals surface area contributed by atoms with E-state index in [0.717, 1.165) is 11.1 Å². The predicted molar refractivity (Wildman–Crippen MR) is 57.1 cm³/mol. The molecule has 0 N–H and O–H groups in total. The summed E-state index contributed by atoms with van der Waals surface area (Å²) < 4.78 is 0. The molecule has 0 aromatic heterocycles. The number of azide groups is 1. The van der Waals surface area contributed by atoms with Gasteiger partial charge in [-0.3, -0.25) is 0 Å². The molecule has 0 fully saturated rings. The zero-order chi connectivity index (χ0) is 10.4. The molecule has 4 heteroatoms. The van der Waals surface area contributed by atoms with Crippen molar-refractivity contribution in [2.24, 2.45) is 5.11 Å². The summed E-state index contributed by atoms with van der Waals surface area (Å²) in [5, 5.41) is 3.92. The molecule has 1 aromatic carbocycles. The number of hydrogen-bond acceptors (Lipinski definition) is 1. The second-order valence-corrected chi connectivity index (χ2v) is 3.08. The maximum absolute atomic E-state index is 8.03. The molecule has 1 aromatic rings. The molecule has 0 amide bonds. The van der Waals surface area contributed by atoms with E-state index in [1.54, 1.807) is 6.07 Å². The first-order valence-electron chi connectivity index (χ1n) is 4.00. The lowest BCUT2D eigenvalue weighted by atomic mass is 10.1.